The first-order valence-corrected chi connectivity index (χ1v) is 9.46. The number of rotatable bonds is 7. The van der Waals surface area contributed by atoms with Gasteiger partial charge in [-0.3, -0.25) is 4.79 Å². The number of aromatic nitrogens is 2. The molecule has 0 radical (unpaired) electrons. The molecule has 5 heteroatoms. The average Bonchev–Trinajstić information content (AvgIpc) is 3.18. The van der Waals surface area contributed by atoms with E-state index in [1.54, 1.807) is 0 Å². The fourth-order valence-corrected chi connectivity index (χ4v) is 3.66. The van der Waals surface area contributed by atoms with Gasteiger partial charge < -0.3 is 14.5 Å². The normalized spacial score (nSPS) is 20.3. The number of carbonyl (C=O) groups is 1. The first kappa shape index (κ1) is 17.9. The molecule has 1 amide bonds. The van der Waals surface area contributed by atoms with E-state index in [1.807, 2.05) is 36.6 Å². The molecular weight excluding hydrogens is 314 g/mol. The summed E-state index contributed by atoms with van der Waals surface area (Å²) in [5.74, 6) is -0.0309. The molecule has 1 aliphatic rings. The molecule has 3 rings (SSSR count). The van der Waals surface area contributed by atoms with Gasteiger partial charge in [-0.2, -0.15) is 0 Å². The van der Waals surface area contributed by atoms with Crippen molar-refractivity contribution in [1.82, 2.24) is 14.7 Å². The Labute approximate surface area is 149 Å². The van der Waals surface area contributed by atoms with Gasteiger partial charge in [0.15, 0.2) is 0 Å². The minimum Gasteiger partial charge on any atom is -0.378 e. The summed E-state index contributed by atoms with van der Waals surface area (Å²) in [4.78, 5) is 17.2. The highest BCUT2D eigenvalue weighted by Gasteiger charge is 2.27. The molecule has 1 N–H and O–H groups in total. The van der Waals surface area contributed by atoms with Crippen molar-refractivity contribution in [3.05, 3.63) is 35.3 Å². The Hall–Kier alpha value is -1.88. The van der Waals surface area contributed by atoms with Crippen LogP contribution >= 0.6 is 0 Å². The molecule has 2 aromatic heterocycles. The third-order valence-electron chi connectivity index (χ3n) is 5.01. The smallest absolute Gasteiger partial charge is 0.255 e. The second kappa shape index (κ2) is 8.00. The molecule has 1 aliphatic carbocycles. The van der Waals surface area contributed by atoms with E-state index in [1.165, 1.54) is 12.8 Å². The van der Waals surface area contributed by atoms with Crippen molar-refractivity contribution in [2.45, 2.75) is 71.4 Å². The molecule has 0 unspecified atom stereocenters. The Morgan fingerprint density at radius 2 is 2.20 bits per heavy atom. The van der Waals surface area contributed by atoms with Crippen LogP contribution in [0, 0.1) is 13.8 Å². The fourth-order valence-electron chi connectivity index (χ4n) is 3.66. The number of ether oxygens (including phenoxy) is 1. The zero-order valence-corrected chi connectivity index (χ0v) is 15.5. The van der Waals surface area contributed by atoms with Crippen LogP contribution in [0.1, 0.15) is 67.2 Å². The molecule has 0 aliphatic heterocycles. The summed E-state index contributed by atoms with van der Waals surface area (Å²) in [5, 5.41) is 3.17. The zero-order chi connectivity index (χ0) is 17.8. The molecule has 5 nitrogen and oxygen atoms in total. The van der Waals surface area contributed by atoms with Gasteiger partial charge in [0.25, 0.3) is 5.91 Å². The Kier molecular flexibility index (Phi) is 5.74. The van der Waals surface area contributed by atoms with Crippen molar-refractivity contribution in [2.24, 2.45) is 0 Å². The maximum absolute atomic E-state index is 12.7. The lowest BCUT2D eigenvalue weighted by Crippen LogP contribution is -2.33. The fraction of sp³-hybridized carbons (Fsp3) is 0.600. The molecule has 136 valence electrons. The third-order valence-corrected chi connectivity index (χ3v) is 5.01. The van der Waals surface area contributed by atoms with Crippen molar-refractivity contribution in [1.29, 1.82) is 0 Å². The van der Waals surface area contributed by atoms with Crippen LogP contribution in [0.15, 0.2) is 18.3 Å². The molecule has 0 bridgehead atoms. The van der Waals surface area contributed by atoms with Crippen molar-refractivity contribution >= 4 is 11.6 Å². The molecule has 1 saturated carbocycles. The van der Waals surface area contributed by atoms with Gasteiger partial charge in [0.05, 0.1) is 11.7 Å². The summed E-state index contributed by atoms with van der Waals surface area (Å²) in [5.41, 5.74) is 3.40. The highest BCUT2D eigenvalue weighted by molar-refractivity contribution is 6.00. The van der Waals surface area contributed by atoms with E-state index in [0.717, 1.165) is 49.3 Å². The topological polar surface area (TPSA) is 55.6 Å². The predicted octanol–water partition coefficient (Wildman–Crippen LogP) is 3.81. The largest absolute Gasteiger partial charge is 0.378 e. The summed E-state index contributed by atoms with van der Waals surface area (Å²) in [6.45, 7) is 7.02. The van der Waals surface area contributed by atoms with E-state index < -0.39 is 0 Å². The van der Waals surface area contributed by atoms with E-state index in [4.69, 9.17) is 4.74 Å². The van der Waals surface area contributed by atoms with Gasteiger partial charge >= 0.3 is 0 Å². The molecule has 2 atom stereocenters. The molecular formula is C20H29N3O2. The number of nitrogens with one attached hydrogen (secondary N) is 1. The molecule has 2 aromatic rings. The van der Waals surface area contributed by atoms with Crippen LogP contribution in [0.3, 0.4) is 0 Å². The molecule has 0 saturated heterocycles. The maximum Gasteiger partial charge on any atom is 0.255 e. The Balaban J connectivity index is 1.58. The Bertz CT molecular complexity index is 738. The van der Waals surface area contributed by atoms with Crippen molar-refractivity contribution in [2.75, 3.05) is 6.61 Å². The highest BCUT2D eigenvalue weighted by atomic mass is 16.5. The number of fused-ring (bicyclic) bond motifs is 1. The van der Waals surface area contributed by atoms with Gasteiger partial charge in [0.2, 0.25) is 0 Å². The number of carbonyl (C=O) groups excluding carboxylic acids is 1. The number of unbranched alkanes of at least 4 members (excludes halogenated alkanes) is 2. The summed E-state index contributed by atoms with van der Waals surface area (Å²) >= 11 is 0. The molecule has 25 heavy (non-hydrogen) atoms. The van der Waals surface area contributed by atoms with E-state index in [9.17, 15) is 4.79 Å². The van der Waals surface area contributed by atoms with Crippen LogP contribution in [-0.4, -0.2) is 34.0 Å². The number of amides is 1. The summed E-state index contributed by atoms with van der Waals surface area (Å²) in [6, 6.07) is 4.08. The van der Waals surface area contributed by atoms with Gasteiger partial charge in [-0.25, -0.2) is 4.98 Å². The van der Waals surface area contributed by atoms with Crippen LogP contribution in [-0.2, 0) is 4.74 Å². The first-order valence-electron chi connectivity index (χ1n) is 9.46. The summed E-state index contributed by atoms with van der Waals surface area (Å²) < 4.78 is 7.91. The highest BCUT2D eigenvalue weighted by Crippen LogP contribution is 2.23. The van der Waals surface area contributed by atoms with Crippen LogP contribution in [0.4, 0.5) is 0 Å². The van der Waals surface area contributed by atoms with E-state index in [2.05, 4.69) is 17.2 Å². The SMILES string of the molecule is CCCCCO[C@@H]1CC[C@@H](NC(=O)c2ccn3c(C)cc(C)nc23)C1. The number of hydrogen-bond donors (Lipinski definition) is 1. The lowest BCUT2D eigenvalue weighted by molar-refractivity contribution is 0.0540. The minimum atomic E-state index is -0.0309. The van der Waals surface area contributed by atoms with E-state index in [-0.39, 0.29) is 18.1 Å². The number of hydrogen-bond acceptors (Lipinski definition) is 3. The predicted molar refractivity (Wildman–Crippen MR) is 99.0 cm³/mol. The minimum absolute atomic E-state index is 0.0309. The third kappa shape index (κ3) is 4.21. The maximum atomic E-state index is 12.7. The monoisotopic (exact) mass is 343 g/mol. The lowest BCUT2D eigenvalue weighted by Gasteiger charge is -2.14. The van der Waals surface area contributed by atoms with E-state index >= 15 is 0 Å². The van der Waals surface area contributed by atoms with Crippen molar-refractivity contribution in [3.8, 4) is 0 Å². The first-order chi connectivity index (χ1) is 12.1. The standard InChI is InChI=1S/C20H29N3O2/c1-4-5-6-11-25-17-8-7-16(13-17)22-20(24)18-9-10-23-15(3)12-14(2)21-19(18)23/h9-10,12,16-17H,4-8,11,13H2,1-3H3,(H,22,24)/t16-,17-/m1/s1. The summed E-state index contributed by atoms with van der Waals surface area (Å²) in [6.07, 6.45) is 8.70. The van der Waals surface area contributed by atoms with Gasteiger partial charge in [-0.1, -0.05) is 19.8 Å². The van der Waals surface area contributed by atoms with Crippen molar-refractivity contribution in [3.63, 3.8) is 0 Å². The molecule has 0 spiro atoms. The lowest BCUT2D eigenvalue weighted by atomic mass is 10.2. The van der Waals surface area contributed by atoms with Crippen LogP contribution < -0.4 is 5.32 Å². The van der Waals surface area contributed by atoms with Crippen molar-refractivity contribution < 1.29 is 9.53 Å². The van der Waals surface area contributed by atoms with Gasteiger partial charge in [-0.15, -0.1) is 0 Å². The van der Waals surface area contributed by atoms with E-state index in [0.29, 0.717) is 5.56 Å². The second-order valence-corrected chi connectivity index (χ2v) is 7.15. The Morgan fingerprint density at radius 1 is 1.36 bits per heavy atom. The second-order valence-electron chi connectivity index (χ2n) is 7.15. The van der Waals surface area contributed by atoms with Crippen LogP contribution in [0.2, 0.25) is 0 Å². The van der Waals surface area contributed by atoms with Crippen LogP contribution in [0.25, 0.3) is 5.65 Å². The van der Waals surface area contributed by atoms with Crippen LogP contribution in [0.5, 0.6) is 0 Å². The molecule has 2 heterocycles. The molecule has 0 aromatic carbocycles. The quantitative estimate of drug-likeness (QED) is 0.778. The zero-order valence-electron chi connectivity index (χ0n) is 15.5. The molecule has 1 fully saturated rings. The van der Waals surface area contributed by atoms with Gasteiger partial charge in [0, 0.05) is 30.2 Å². The van der Waals surface area contributed by atoms with Gasteiger partial charge in [-0.05, 0) is 51.7 Å². The Morgan fingerprint density at radius 3 is 3.00 bits per heavy atom. The summed E-state index contributed by atoms with van der Waals surface area (Å²) in [7, 11) is 0. The number of nitrogens with zero attached hydrogens (tertiary/aromatic N) is 2. The number of aryl methyl sites for hydroxylation is 2. The van der Waals surface area contributed by atoms with Gasteiger partial charge in [0.1, 0.15) is 5.65 Å². The average molecular weight is 343 g/mol.